The summed E-state index contributed by atoms with van der Waals surface area (Å²) in [7, 11) is 0. The van der Waals surface area contributed by atoms with Gasteiger partial charge in [-0.1, -0.05) is 19.8 Å². The van der Waals surface area contributed by atoms with Crippen LogP contribution >= 0.6 is 0 Å². The van der Waals surface area contributed by atoms with E-state index in [0.29, 0.717) is 5.92 Å². The molecule has 1 aliphatic rings. The lowest BCUT2D eigenvalue weighted by atomic mass is 9.77. The summed E-state index contributed by atoms with van der Waals surface area (Å²) in [5.41, 5.74) is 1.11. The maximum absolute atomic E-state index is 9.73. The predicted molar refractivity (Wildman–Crippen MR) is 72.2 cm³/mol. The molecule has 102 valence electrons. The minimum atomic E-state index is -0.0828. The molecular weight excluding hydrogens is 226 g/mol. The van der Waals surface area contributed by atoms with Gasteiger partial charge in [0, 0.05) is 24.8 Å². The van der Waals surface area contributed by atoms with Crippen molar-refractivity contribution in [2.24, 2.45) is 5.92 Å². The first-order chi connectivity index (χ1) is 8.69. The largest absolute Gasteiger partial charge is 0.394 e. The maximum atomic E-state index is 9.73. The van der Waals surface area contributed by atoms with Crippen LogP contribution in [-0.4, -0.2) is 27.0 Å². The first kappa shape index (κ1) is 13.6. The topological polar surface area (TPSA) is 50.1 Å². The molecule has 1 aliphatic carbocycles. The van der Waals surface area contributed by atoms with E-state index in [1.807, 2.05) is 16.9 Å². The summed E-state index contributed by atoms with van der Waals surface area (Å²) >= 11 is 0. The van der Waals surface area contributed by atoms with E-state index in [9.17, 15) is 5.11 Å². The number of rotatable bonds is 5. The fourth-order valence-electron chi connectivity index (χ4n) is 3.09. The highest BCUT2D eigenvalue weighted by Crippen LogP contribution is 2.32. The Balaban J connectivity index is 1.98. The van der Waals surface area contributed by atoms with Crippen LogP contribution in [0.1, 0.15) is 45.2 Å². The predicted octanol–water partition coefficient (Wildman–Crippen LogP) is 1.93. The van der Waals surface area contributed by atoms with Crippen molar-refractivity contribution >= 4 is 0 Å². The normalized spacial score (nSPS) is 28.5. The van der Waals surface area contributed by atoms with Crippen molar-refractivity contribution in [2.45, 2.75) is 58.2 Å². The molecule has 0 saturated heterocycles. The van der Waals surface area contributed by atoms with Crippen LogP contribution < -0.4 is 5.32 Å². The molecule has 0 aliphatic heterocycles. The summed E-state index contributed by atoms with van der Waals surface area (Å²) < 4.78 is 2.00. The average Bonchev–Trinajstić information content (AvgIpc) is 2.84. The van der Waals surface area contributed by atoms with Gasteiger partial charge < -0.3 is 10.4 Å². The summed E-state index contributed by atoms with van der Waals surface area (Å²) in [6.07, 6.45) is 6.49. The molecule has 1 heterocycles. The third kappa shape index (κ3) is 2.93. The summed E-state index contributed by atoms with van der Waals surface area (Å²) in [4.78, 5) is 0. The summed E-state index contributed by atoms with van der Waals surface area (Å²) in [5, 5.41) is 17.6. The lowest BCUT2D eigenvalue weighted by Gasteiger charge is -2.39. The van der Waals surface area contributed by atoms with Crippen LogP contribution in [0.25, 0.3) is 0 Å². The summed E-state index contributed by atoms with van der Waals surface area (Å²) in [6.45, 7) is 6.30. The molecule has 1 aromatic heterocycles. The van der Waals surface area contributed by atoms with Gasteiger partial charge in [-0.15, -0.1) is 0 Å². The van der Waals surface area contributed by atoms with Crippen LogP contribution in [0.4, 0.5) is 0 Å². The highest BCUT2D eigenvalue weighted by Gasteiger charge is 2.33. The van der Waals surface area contributed by atoms with Crippen molar-refractivity contribution in [3.8, 4) is 0 Å². The first-order valence-corrected chi connectivity index (χ1v) is 7.05. The second-order valence-electron chi connectivity index (χ2n) is 5.63. The fourth-order valence-corrected chi connectivity index (χ4v) is 3.09. The van der Waals surface area contributed by atoms with Gasteiger partial charge in [-0.05, 0) is 31.7 Å². The zero-order valence-electron chi connectivity index (χ0n) is 11.5. The van der Waals surface area contributed by atoms with E-state index in [1.54, 1.807) is 0 Å². The maximum Gasteiger partial charge on any atom is 0.0613 e. The van der Waals surface area contributed by atoms with Crippen LogP contribution in [0.15, 0.2) is 12.3 Å². The molecule has 18 heavy (non-hydrogen) atoms. The van der Waals surface area contributed by atoms with Gasteiger partial charge in [0.15, 0.2) is 0 Å². The fraction of sp³-hybridized carbons (Fsp3) is 0.786. The number of nitrogens with zero attached hydrogens (tertiary/aromatic N) is 2. The molecule has 0 aromatic carbocycles. The van der Waals surface area contributed by atoms with Crippen LogP contribution in [0.2, 0.25) is 0 Å². The van der Waals surface area contributed by atoms with Crippen LogP contribution in [0.5, 0.6) is 0 Å². The first-order valence-electron chi connectivity index (χ1n) is 7.05. The van der Waals surface area contributed by atoms with Crippen LogP contribution in [-0.2, 0) is 13.1 Å². The summed E-state index contributed by atoms with van der Waals surface area (Å²) in [6, 6.07) is 2.05. The third-order valence-electron chi connectivity index (χ3n) is 4.14. The minimum Gasteiger partial charge on any atom is -0.394 e. The quantitative estimate of drug-likeness (QED) is 0.841. The molecule has 2 atom stereocenters. The Morgan fingerprint density at radius 2 is 2.44 bits per heavy atom. The molecular formula is C14H25N3O. The molecule has 1 aromatic rings. The molecule has 0 bridgehead atoms. The molecule has 0 amide bonds. The second-order valence-corrected chi connectivity index (χ2v) is 5.63. The van der Waals surface area contributed by atoms with Gasteiger partial charge in [-0.25, -0.2) is 0 Å². The number of aliphatic hydroxyl groups excluding tert-OH is 1. The Morgan fingerprint density at radius 1 is 1.61 bits per heavy atom. The highest BCUT2D eigenvalue weighted by atomic mass is 16.3. The molecule has 1 fully saturated rings. The van der Waals surface area contributed by atoms with Gasteiger partial charge in [-0.2, -0.15) is 5.10 Å². The molecule has 4 heteroatoms. The monoisotopic (exact) mass is 251 g/mol. The van der Waals surface area contributed by atoms with E-state index in [-0.39, 0.29) is 12.1 Å². The molecule has 2 unspecified atom stereocenters. The lowest BCUT2D eigenvalue weighted by Crippen LogP contribution is -2.51. The minimum absolute atomic E-state index is 0.0828. The van der Waals surface area contributed by atoms with E-state index >= 15 is 0 Å². The number of aliphatic hydroxyl groups is 1. The highest BCUT2D eigenvalue weighted by molar-refractivity contribution is 5.02. The van der Waals surface area contributed by atoms with Gasteiger partial charge in [-0.3, -0.25) is 4.68 Å². The molecule has 1 saturated carbocycles. The SMILES string of the molecule is CCn1nccc1CNC1(CO)CCCC(C)C1. The Labute approximate surface area is 109 Å². The molecule has 2 rings (SSSR count). The van der Waals surface area contributed by atoms with E-state index in [2.05, 4.69) is 24.3 Å². The van der Waals surface area contributed by atoms with Crippen molar-refractivity contribution in [3.63, 3.8) is 0 Å². The standard InChI is InChI=1S/C14H25N3O/c1-3-17-13(6-8-16-17)10-15-14(11-18)7-4-5-12(2)9-14/h6,8,12,15,18H,3-5,7,9-11H2,1-2H3. The average molecular weight is 251 g/mol. The number of nitrogens with one attached hydrogen (secondary N) is 1. The van der Waals surface area contributed by atoms with Crippen molar-refractivity contribution in [1.82, 2.24) is 15.1 Å². The summed E-state index contributed by atoms with van der Waals surface area (Å²) in [5.74, 6) is 0.703. The molecule has 0 radical (unpaired) electrons. The van der Waals surface area contributed by atoms with Crippen molar-refractivity contribution in [2.75, 3.05) is 6.61 Å². The Morgan fingerprint density at radius 3 is 3.11 bits per heavy atom. The molecule has 0 spiro atoms. The molecule has 2 N–H and O–H groups in total. The zero-order valence-corrected chi connectivity index (χ0v) is 11.5. The number of aromatic nitrogens is 2. The van der Waals surface area contributed by atoms with Gasteiger partial charge in [0.25, 0.3) is 0 Å². The smallest absolute Gasteiger partial charge is 0.0613 e. The Hall–Kier alpha value is -0.870. The van der Waals surface area contributed by atoms with E-state index in [1.165, 1.54) is 18.5 Å². The van der Waals surface area contributed by atoms with E-state index in [0.717, 1.165) is 25.9 Å². The zero-order chi connectivity index (χ0) is 13.0. The van der Waals surface area contributed by atoms with Gasteiger partial charge >= 0.3 is 0 Å². The lowest BCUT2D eigenvalue weighted by molar-refractivity contribution is 0.0975. The van der Waals surface area contributed by atoms with Crippen LogP contribution in [0.3, 0.4) is 0 Å². The van der Waals surface area contributed by atoms with Gasteiger partial charge in [0.05, 0.1) is 12.3 Å². The van der Waals surface area contributed by atoms with Gasteiger partial charge in [0.1, 0.15) is 0 Å². The number of aryl methyl sites for hydroxylation is 1. The number of hydrogen-bond donors (Lipinski definition) is 2. The third-order valence-corrected chi connectivity index (χ3v) is 4.14. The number of hydrogen-bond acceptors (Lipinski definition) is 3. The Kier molecular flexibility index (Phi) is 4.40. The van der Waals surface area contributed by atoms with Crippen molar-refractivity contribution in [3.05, 3.63) is 18.0 Å². The van der Waals surface area contributed by atoms with Crippen molar-refractivity contribution < 1.29 is 5.11 Å². The van der Waals surface area contributed by atoms with E-state index < -0.39 is 0 Å². The molecule has 4 nitrogen and oxygen atoms in total. The van der Waals surface area contributed by atoms with E-state index in [4.69, 9.17) is 0 Å². The van der Waals surface area contributed by atoms with Crippen molar-refractivity contribution in [1.29, 1.82) is 0 Å². The van der Waals surface area contributed by atoms with Crippen LogP contribution in [0, 0.1) is 5.92 Å². The second kappa shape index (κ2) is 5.85. The Bertz CT molecular complexity index is 377. The van der Waals surface area contributed by atoms with Gasteiger partial charge in [0.2, 0.25) is 0 Å².